The van der Waals surface area contributed by atoms with Crippen molar-refractivity contribution in [1.29, 1.82) is 0 Å². The molecular weight excluding hydrogens is 214 g/mol. The number of hydrogen-bond donors (Lipinski definition) is 0. The molecule has 0 N–H and O–H groups in total. The van der Waals surface area contributed by atoms with Crippen molar-refractivity contribution in [2.75, 3.05) is 0 Å². The predicted octanol–water partition coefficient (Wildman–Crippen LogP) is 1.79. The van der Waals surface area contributed by atoms with Gasteiger partial charge in [-0.05, 0) is 19.1 Å². The van der Waals surface area contributed by atoms with E-state index in [4.69, 9.17) is 0 Å². The Bertz CT molecular complexity index is 725. The van der Waals surface area contributed by atoms with E-state index in [2.05, 4.69) is 4.98 Å². The van der Waals surface area contributed by atoms with Gasteiger partial charge < -0.3 is 0 Å². The molecule has 0 aliphatic heterocycles. The van der Waals surface area contributed by atoms with Crippen molar-refractivity contribution < 1.29 is 0 Å². The van der Waals surface area contributed by atoms with E-state index in [1.807, 2.05) is 48.0 Å². The van der Waals surface area contributed by atoms with Crippen LogP contribution in [0, 0.1) is 6.92 Å². The molecule has 0 fully saturated rings. The lowest BCUT2D eigenvalue weighted by Gasteiger charge is -2.07. The zero-order valence-corrected chi connectivity index (χ0v) is 9.37. The summed E-state index contributed by atoms with van der Waals surface area (Å²) in [4.78, 5) is 16.1. The van der Waals surface area contributed by atoms with Crippen molar-refractivity contribution in [1.82, 2.24) is 14.2 Å². The summed E-state index contributed by atoms with van der Waals surface area (Å²) in [5, 5.41) is 0. The Morgan fingerprint density at radius 3 is 2.65 bits per heavy atom. The summed E-state index contributed by atoms with van der Waals surface area (Å²) in [6.07, 6.45) is 1.53. The highest BCUT2D eigenvalue weighted by molar-refractivity contribution is 5.44. The Morgan fingerprint density at radius 2 is 1.88 bits per heavy atom. The van der Waals surface area contributed by atoms with Gasteiger partial charge >= 0.3 is 0 Å². The Balaban J connectivity index is 2.44. The van der Waals surface area contributed by atoms with Crippen LogP contribution < -0.4 is 5.56 Å². The Labute approximate surface area is 97.8 Å². The Kier molecular flexibility index (Phi) is 2.08. The van der Waals surface area contributed by atoms with E-state index in [-0.39, 0.29) is 5.56 Å². The van der Waals surface area contributed by atoms with Gasteiger partial charge in [0, 0.05) is 24.0 Å². The molecule has 0 aliphatic carbocycles. The predicted molar refractivity (Wildman–Crippen MR) is 65.5 cm³/mol. The summed E-state index contributed by atoms with van der Waals surface area (Å²) in [6.45, 7) is 1.96. The molecule has 0 bridgehead atoms. The van der Waals surface area contributed by atoms with E-state index < -0.39 is 0 Å². The van der Waals surface area contributed by atoms with Gasteiger partial charge in [-0.2, -0.15) is 4.52 Å². The Hall–Kier alpha value is -2.36. The molecule has 3 aromatic rings. The topological polar surface area (TPSA) is 39.3 Å². The van der Waals surface area contributed by atoms with Crippen LogP contribution in [0.4, 0.5) is 0 Å². The molecule has 0 radical (unpaired) electrons. The summed E-state index contributed by atoms with van der Waals surface area (Å²) < 4.78 is 3.44. The summed E-state index contributed by atoms with van der Waals surface area (Å²) >= 11 is 0. The smallest absolute Gasteiger partial charge is 0.267 e. The van der Waals surface area contributed by atoms with Gasteiger partial charge in [0.05, 0.1) is 5.69 Å². The maximum atomic E-state index is 11.9. The minimum atomic E-state index is -0.0769. The van der Waals surface area contributed by atoms with Gasteiger partial charge in [0.25, 0.3) is 5.56 Å². The van der Waals surface area contributed by atoms with E-state index in [1.165, 1.54) is 12.3 Å². The molecule has 0 spiro atoms. The standard InChI is InChI=1S/C13H11N3O/c1-10-9-12-14-8-7-13(17)16(12)15(10)11-5-3-2-4-6-11/h2-9H,1H3. The molecule has 0 saturated carbocycles. The normalized spacial score (nSPS) is 10.9. The van der Waals surface area contributed by atoms with Crippen molar-refractivity contribution >= 4 is 5.65 Å². The fourth-order valence-corrected chi connectivity index (χ4v) is 2.01. The second-order valence-corrected chi connectivity index (χ2v) is 3.89. The number of para-hydroxylation sites is 1. The maximum absolute atomic E-state index is 11.9. The summed E-state index contributed by atoms with van der Waals surface area (Å²) in [7, 11) is 0. The number of benzene rings is 1. The zero-order valence-electron chi connectivity index (χ0n) is 9.37. The van der Waals surface area contributed by atoms with Crippen LogP contribution in [0.5, 0.6) is 0 Å². The van der Waals surface area contributed by atoms with Gasteiger partial charge in [0.15, 0.2) is 5.65 Å². The van der Waals surface area contributed by atoms with E-state index >= 15 is 0 Å². The number of rotatable bonds is 1. The highest BCUT2D eigenvalue weighted by Crippen LogP contribution is 2.12. The largest absolute Gasteiger partial charge is 0.273 e. The molecule has 17 heavy (non-hydrogen) atoms. The maximum Gasteiger partial charge on any atom is 0.273 e. The number of aryl methyl sites for hydroxylation is 1. The van der Waals surface area contributed by atoms with Gasteiger partial charge in [-0.3, -0.25) is 4.79 Å². The second-order valence-electron chi connectivity index (χ2n) is 3.89. The SMILES string of the molecule is Cc1cc2nccc(=O)n2n1-c1ccccc1. The highest BCUT2D eigenvalue weighted by Gasteiger charge is 2.08. The third-order valence-electron chi connectivity index (χ3n) is 2.72. The molecule has 0 aliphatic rings. The van der Waals surface area contributed by atoms with E-state index in [9.17, 15) is 4.79 Å². The van der Waals surface area contributed by atoms with Crippen LogP contribution in [0.3, 0.4) is 0 Å². The molecule has 1 aromatic carbocycles. The fourth-order valence-electron chi connectivity index (χ4n) is 2.01. The van der Waals surface area contributed by atoms with Crippen LogP contribution >= 0.6 is 0 Å². The van der Waals surface area contributed by atoms with Crippen LogP contribution in [0.15, 0.2) is 53.5 Å². The first-order valence-electron chi connectivity index (χ1n) is 5.39. The molecule has 0 unspecified atom stereocenters. The van der Waals surface area contributed by atoms with Crippen LogP contribution in [0.2, 0.25) is 0 Å². The van der Waals surface area contributed by atoms with Crippen molar-refractivity contribution in [2.45, 2.75) is 6.92 Å². The summed E-state index contributed by atoms with van der Waals surface area (Å²) in [5.41, 5.74) is 2.52. The average Bonchev–Trinajstić information content (AvgIpc) is 2.68. The monoisotopic (exact) mass is 225 g/mol. The van der Waals surface area contributed by atoms with Gasteiger partial charge in [0.1, 0.15) is 0 Å². The first-order chi connectivity index (χ1) is 8.27. The molecule has 0 atom stereocenters. The van der Waals surface area contributed by atoms with Crippen molar-refractivity contribution in [2.24, 2.45) is 0 Å². The molecule has 3 rings (SSSR count). The van der Waals surface area contributed by atoms with Crippen molar-refractivity contribution in [3.05, 3.63) is 64.7 Å². The molecule has 84 valence electrons. The van der Waals surface area contributed by atoms with Gasteiger partial charge in [-0.25, -0.2) is 9.67 Å². The minimum Gasteiger partial charge on any atom is -0.267 e. The number of hydrogen-bond acceptors (Lipinski definition) is 2. The van der Waals surface area contributed by atoms with E-state index in [0.29, 0.717) is 5.65 Å². The highest BCUT2D eigenvalue weighted by atomic mass is 16.1. The third kappa shape index (κ3) is 1.45. The van der Waals surface area contributed by atoms with Crippen molar-refractivity contribution in [3.63, 3.8) is 0 Å². The lowest BCUT2D eigenvalue weighted by molar-refractivity contribution is 0.743. The minimum absolute atomic E-state index is 0.0769. The lowest BCUT2D eigenvalue weighted by Crippen LogP contribution is -2.19. The number of aromatic nitrogens is 3. The van der Waals surface area contributed by atoms with Crippen LogP contribution in [-0.2, 0) is 0 Å². The molecule has 2 heterocycles. The molecule has 0 amide bonds. The molecule has 0 saturated heterocycles. The van der Waals surface area contributed by atoms with E-state index in [0.717, 1.165) is 11.4 Å². The fraction of sp³-hybridized carbons (Fsp3) is 0.0769. The van der Waals surface area contributed by atoms with E-state index in [1.54, 1.807) is 4.52 Å². The van der Waals surface area contributed by atoms with Gasteiger partial charge in [-0.15, -0.1) is 0 Å². The zero-order chi connectivity index (χ0) is 11.8. The van der Waals surface area contributed by atoms with Gasteiger partial charge in [-0.1, -0.05) is 18.2 Å². The van der Waals surface area contributed by atoms with Crippen LogP contribution in [0.25, 0.3) is 11.3 Å². The van der Waals surface area contributed by atoms with Gasteiger partial charge in [0.2, 0.25) is 0 Å². The summed E-state index contributed by atoms with van der Waals surface area (Å²) in [6, 6.07) is 13.1. The summed E-state index contributed by atoms with van der Waals surface area (Å²) in [5.74, 6) is 0. The first-order valence-corrected chi connectivity index (χ1v) is 5.39. The average molecular weight is 225 g/mol. The second kappa shape index (κ2) is 3.59. The van der Waals surface area contributed by atoms with Crippen molar-refractivity contribution in [3.8, 4) is 5.69 Å². The molecule has 4 heteroatoms. The number of fused-ring (bicyclic) bond motifs is 1. The van der Waals surface area contributed by atoms with Crippen LogP contribution in [0.1, 0.15) is 5.69 Å². The molecular formula is C13H11N3O. The van der Waals surface area contributed by atoms with Crippen LogP contribution in [-0.4, -0.2) is 14.2 Å². The third-order valence-corrected chi connectivity index (χ3v) is 2.72. The Morgan fingerprint density at radius 1 is 1.12 bits per heavy atom. The quantitative estimate of drug-likeness (QED) is 0.633. The molecule has 2 aromatic heterocycles. The number of nitrogens with zero attached hydrogens (tertiary/aromatic N) is 3. The lowest BCUT2D eigenvalue weighted by atomic mass is 10.3. The first kappa shape index (κ1) is 9.84. The molecule has 4 nitrogen and oxygen atoms in total.